The van der Waals surface area contributed by atoms with Crippen LogP contribution < -0.4 is 0 Å². The van der Waals surface area contributed by atoms with Gasteiger partial charge in [-0.25, -0.2) is 4.79 Å². The van der Waals surface area contributed by atoms with E-state index in [0.29, 0.717) is 5.56 Å². The molecule has 0 atom stereocenters. The maximum atomic E-state index is 11.5. The Labute approximate surface area is 105 Å². The number of aryl methyl sites for hydroxylation is 1. The van der Waals surface area contributed by atoms with E-state index >= 15 is 0 Å². The SMILES string of the molecule is CCn1c(C)c(Cl)c2ccc(C(=O)OC)cc21. The summed E-state index contributed by atoms with van der Waals surface area (Å²) >= 11 is 6.25. The minimum absolute atomic E-state index is 0.329. The van der Waals surface area contributed by atoms with Gasteiger partial charge in [0.05, 0.1) is 23.2 Å². The number of hydrogen-bond donors (Lipinski definition) is 0. The summed E-state index contributed by atoms with van der Waals surface area (Å²) in [5.41, 5.74) is 2.54. The molecule has 17 heavy (non-hydrogen) atoms. The zero-order valence-electron chi connectivity index (χ0n) is 10.1. The summed E-state index contributed by atoms with van der Waals surface area (Å²) in [6.45, 7) is 4.84. The second-order valence-electron chi connectivity index (χ2n) is 3.87. The molecular formula is C13H14ClNO2. The van der Waals surface area contributed by atoms with Crippen LogP contribution in [0.5, 0.6) is 0 Å². The fourth-order valence-electron chi connectivity index (χ4n) is 2.09. The Morgan fingerprint density at radius 2 is 2.18 bits per heavy atom. The molecule has 0 radical (unpaired) electrons. The number of benzene rings is 1. The molecule has 90 valence electrons. The fourth-order valence-corrected chi connectivity index (χ4v) is 2.35. The average molecular weight is 252 g/mol. The molecule has 0 aliphatic rings. The predicted octanol–water partition coefficient (Wildman–Crippen LogP) is 3.41. The Hall–Kier alpha value is -1.48. The lowest BCUT2D eigenvalue weighted by Crippen LogP contribution is -2.02. The molecule has 2 aromatic rings. The summed E-state index contributed by atoms with van der Waals surface area (Å²) in [6, 6.07) is 5.42. The number of halogens is 1. The molecule has 0 N–H and O–H groups in total. The first-order valence-corrected chi connectivity index (χ1v) is 5.84. The molecule has 0 aliphatic carbocycles. The van der Waals surface area contributed by atoms with E-state index < -0.39 is 0 Å². The van der Waals surface area contributed by atoms with Crippen LogP contribution in [0.15, 0.2) is 18.2 Å². The van der Waals surface area contributed by atoms with Crippen LogP contribution in [0.1, 0.15) is 23.0 Å². The summed E-state index contributed by atoms with van der Waals surface area (Å²) in [5, 5.41) is 1.72. The van der Waals surface area contributed by atoms with Crippen molar-refractivity contribution in [2.75, 3.05) is 7.11 Å². The van der Waals surface area contributed by atoms with Crippen molar-refractivity contribution in [3.63, 3.8) is 0 Å². The van der Waals surface area contributed by atoms with Gasteiger partial charge in [0.25, 0.3) is 0 Å². The third-order valence-electron chi connectivity index (χ3n) is 2.98. The van der Waals surface area contributed by atoms with E-state index in [2.05, 4.69) is 4.57 Å². The van der Waals surface area contributed by atoms with Gasteiger partial charge in [0.15, 0.2) is 0 Å². The van der Waals surface area contributed by atoms with E-state index in [1.807, 2.05) is 26.0 Å². The summed E-state index contributed by atoms with van der Waals surface area (Å²) in [7, 11) is 1.38. The van der Waals surface area contributed by atoms with Crippen LogP contribution in [0.4, 0.5) is 0 Å². The number of methoxy groups -OCH3 is 1. The van der Waals surface area contributed by atoms with E-state index in [-0.39, 0.29) is 5.97 Å². The van der Waals surface area contributed by atoms with Gasteiger partial charge in [0.2, 0.25) is 0 Å². The van der Waals surface area contributed by atoms with Gasteiger partial charge in [0.1, 0.15) is 0 Å². The Bertz CT molecular complexity index is 587. The minimum Gasteiger partial charge on any atom is -0.465 e. The molecule has 0 saturated heterocycles. The van der Waals surface area contributed by atoms with Crippen LogP contribution in [0.25, 0.3) is 10.9 Å². The molecule has 1 aromatic carbocycles. The summed E-state index contributed by atoms with van der Waals surface area (Å²) < 4.78 is 6.80. The second-order valence-corrected chi connectivity index (χ2v) is 4.25. The van der Waals surface area contributed by atoms with Crippen molar-refractivity contribution in [2.45, 2.75) is 20.4 Å². The van der Waals surface area contributed by atoms with Gasteiger partial charge < -0.3 is 9.30 Å². The Kier molecular flexibility index (Phi) is 3.11. The van der Waals surface area contributed by atoms with Crippen LogP contribution in [0.3, 0.4) is 0 Å². The smallest absolute Gasteiger partial charge is 0.337 e. The largest absolute Gasteiger partial charge is 0.465 e. The maximum absolute atomic E-state index is 11.5. The monoisotopic (exact) mass is 251 g/mol. The second kappa shape index (κ2) is 4.41. The molecule has 0 unspecified atom stereocenters. The average Bonchev–Trinajstić information content (AvgIpc) is 2.60. The number of fused-ring (bicyclic) bond motifs is 1. The Morgan fingerprint density at radius 1 is 1.47 bits per heavy atom. The van der Waals surface area contributed by atoms with Crippen molar-refractivity contribution in [1.82, 2.24) is 4.57 Å². The zero-order chi connectivity index (χ0) is 12.6. The highest BCUT2D eigenvalue weighted by Gasteiger charge is 2.14. The van der Waals surface area contributed by atoms with E-state index in [1.54, 1.807) is 6.07 Å². The number of carbonyl (C=O) groups excluding carboxylic acids is 1. The third-order valence-corrected chi connectivity index (χ3v) is 3.46. The quantitative estimate of drug-likeness (QED) is 0.766. The lowest BCUT2D eigenvalue weighted by molar-refractivity contribution is 0.0601. The van der Waals surface area contributed by atoms with Gasteiger partial charge in [-0.1, -0.05) is 17.7 Å². The van der Waals surface area contributed by atoms with Crippen molar-refractivity contribution >= 4 is 28.5 Å². The molecule has 0 bridgehead atoms. The van der Waals surface area contributed by atoms with Crippen LogP contribution >= 0.6 is 11.6 Å². The molecule has 1 heterocycles. The first-order chi connectivity index (χ1) is 8.10. The van der Waals surface area contributed by atoms with Crippen molar-refractivity contribution in [3.8, 4) is 0 Å². The van der Waals surface area contributed by atoms with Crippen LogP contribution in [0.2, 0.25) is 5.02 Å². The number of esters is 1. The molecular weight excluding hydrogens is 238 g/mol. The highest BCUT2D eigenvalue weighted by Crippen LogP contribution is 2.30. The summed E-state index contributed by atoms with van der Waals surface area (Å²) in [6.07, 6.45) is 0. The van der Waals surface area contributed by atoms with Crippen molar-refractivity contribution in [2.24, 2.45) is 0 Å². The van der Waals surface area contributed by atoms with E-state index in [1.165, 1.54) is 7.11 Å². The van der Waals surface area contributed by atoms with Gasteiger partial charge in [0, 0.05) is 17.6 Å². The molecule has 0 saturated carbocycles. The molecule has 2 rings (SSSR count). The normalized spacial score (nSPS) is 10.8. The van der Waals surface area contributed by atoms with E-state index in [0.717, 1.165) is 28.2 Å². The molecule has 0 amide bonds. The van der Waals surface area contributed by atoms with Gasteiger partial charge in [-0.2, -0.15) is 0 Å². The number of ether oxygens (including phenoxy) is 1. The van der Waals surface area contributed by atoms with Crippen molar-refractivity contribution in [3.05, 3.63) is 34.5 Å². The highest BCUT2D eigenvalue weighted by atomic mass is 35.5. The lowest BCUT2D eigenvalue weighted by Gasteiger charge is -2.04. The Morgan fingerprint density at radius 3 is 2.76 bits per heavy atom. The van der Waals surface area contributed by atoms with Gasteiger partial charge in [-0.3, -0.25) is 0 Å². The first-order valence-electron chi connectivity index (χ1n) is 5.46. The molecule has 0 fully saturated rings. The predicted molar refractivity (Wildman–Crippen MR) is 68.7 cm³/mol. The third kappa shape index (κ3) is 1.80. The first kappa shape index (κ1) is 12.0. The van der Waals surface area contributed by atoms with Gasteiger partial charge >= 0.3 is 5.97 Å². The number of carbonyl (C=O) groups is 1. The summed E-state index contributed by atoms with van der Waals surface area (Å²) in [4.78, 5) is 11.5. The van der Waals surface area contributed by atoms with E-state index in [4.69, 9.17) is 16.3 Å². The molecule has 0 aliphatic heterocycles. The number of rotatable bonds is 2. The van der Waals surface area contributed by atoms with Crippen LogP contribution in [-0.2, 0) is 11.3 Å². The highest BCUT2D eigenvalue weighted by molar-refractivity contribution is 6.36. The minimum atomic E-state index is -0.329. The molecule has 1 aromatic heterocycles. The van der Waals surface area contributed by atoms with Crippen LogP contribution in [-0.4, -0.2) is 17.6 Å². The number of nitrogens with zero attached hydrogens (tertiary/aromatic N) is 1. The number of aromatic nitrogens is 1. The molecule has 3 nitrogen and oxygen atoms in total. The fraction of sp³-hybridized carbons (Fsp3) is 0.308. The summed E-state index contributed by atoms with van der Waals surface area (Å²) in [5.74, 6) is -0.329. The standard InChI is InChI=1S/C13H14ClNO2/c1-4-15-8(2)12(14)10-6-5-9(7-11(10)15)13(16)17-3/h5-7H,4H2,1-3H3. The Balaban J connectivity index is 2.72. The zero-order valence-corrected chi connectivity index (χ0v) is 10.8. The van der Waals surface area contributed by atoms with Gasteiger partial charge in [-0.05, 0) is 26.0 Å². The topological polar surface area (TPSA) is 31.2 Å². The van der Waals surface area contributed by atoms with Crippen LogP contribution in [0, 0.1) is 6.92 Å². The van der Waals surface area contributed by atoms with Gasteiger partial charge in [-0.15, -0.1) is 0 Å². The molecule has 4 heteroatoms. The van der Waals surface area contributed by atoms with Crippen molar-refractivity contribution in [1.29, 1.82) is 0 Å². The maximum Gasteiger partial charge on any atom is 0.337 e. The van der Waals surface area contributed by atoms with Crippen molar-refractivity contribution < 1.29 is 9.53 Å². The number of hydrogen-bond acceptors (Lipinski definition) is 2. The van der Waals surface area contributed by atoms with E-state index in [9.17, 15) is 4.79 Å². The molecule has 0 spiro atoms. The lowest BCUT2D eigenvalue weighted by atomic mass is 10.1.